The lowest BCUT2D eigenvalue weighted by Gasteiger charge is -2.14. The van der Waals surface area contributed by atoms with Gasteiger partial charge in [0.25, 0.3) is 11.7 Å². The molecule has 0 unspecified atom stereocenters. The summed E-state index contributed by atoms with van der Waals surface area (Å²) in [5.74, 6) is 0.224. The van der Waals surface area contributed by atoms with Crippen LogP contribution in [0.2, 0.25) is 0 Å². The van der Waals surface area contributed by atoms with Crippen LogP contribution in [0.25, 0.3) is 4.85 Å². The summed E-state index contributed by atoms with van der Waals surface area (Å²) in [6.07, 6.45) is 2.20. The summed E-state index contributed by atoms with van der Waals surface area (Å²) >= 11 is 0. The molecule has 6 heteroatoms. The van der Waals surface area contributed by atoms with E-state index in [4.69, 9.17) is 6.57 Å². The molecule has 31 heavy (non-hydrogen) atoms. The number of aliphatic imine (C=N–C) groups is 2. The number of fused-ring (bicyclic) bond motifs is 2. The number of hydrogen-bond acceptors (Lipinski definition) is 4. The largest absolute Gasteiger partial charge is 0.361 e. The van der Waals surface area contributed by atoms with Crippen molar-refractivity contribution >= 4 is 28.8 Å². The van der Waals surface area contributed by atoms with Crippen LogP contribution in [0.5, 0.6) is 0 Å². The fourth-order valence-electron chi connectivity index (χ4n) is 3.97. The van der Waals surface area contributed by atoms with Gasteiger partial charge in [-0.05, 0) is 35.7 Å². The van der Waals surface area contributed by atoms with E-state index in [0.29, 0.717) is 24.5 Å². The number of hydrogen-bond donors (Lipinski definition) is 1. The first-order chi connectivity index (χ1) is 15.1. The van der Waals surface area contributed by atoms with E-state index in [2.05, 4.69) is 31.2 Å². The summed E-state index contributed by atoms with van der Waals surface area (Å²) in [4.78, 5) is 29.6. The lowest BCUT2D eigenvalue weighted by Crippen LogP contribution is -2.33. The first kappa shape index (κ1) is 18.9. The van der Waals surface area contributed by atoms with Crippen LogP contribution < -0.4 is 5.32 Å². The quantitative estimate of drug-likeness (QED) is 0.650. The van der Waals surface area contributed by atoms with E-state index in [1.165, 1.54) is 0 Å². The molecule has 3 aromatic rings. The van der Waals surface area contributed by atoms with Gasteiger partial charge in [0, 0.05) is 17.5 Å². The highest BCUT2D eigenvalue weighted by Gasteiger charge is 2.26. The maximum absolute atomic E-state index is 12.8. The summed E-state index contributed by atoms with van der Waals surface area (Å²) in [6, 6.07) is 17.5. The third-order valence-electron chi connectivity index (χ3n) is 5.63. The second-order valence-electron chi connectivity index (χ2n) is 7.66. The molecule has 150 valence electrons. The van der Waals surface area contributed by atoms with Crippen molar-refractivity contribution in [1.29, 1.82) is 0 Å². The standard InChI is InChI=1S/C25H19N5O/c1-15(16-6-4-3-5-7-16)29-25(31)22-11-18-10-19-14-28-24(20(19)12-21(18)30-22)17-8-9-23(26-2)27-13-17/h3-10,12-13,15H,11,14H2,1H3,(H,29,31)/t15-/m1/s1. The number of rotatable bonds is 4. The molecule has 1 aromatic heterocycles. The van der Waals surface area contributed by atoms with Crippen molar-refractivity contribution < 1.29 is 4.79 Å². The molecule has 0 saturated heterocycles. The minimum Gasteiger partial charge on any atom is -0.361 e. The SMILES string of the molecule is [C-]#[N+]c1ccc(C2=NCc3cc4c(cc32)N=C(C(=O)N[C@H](C)c2ccccc2)C4)cn1. The van der Waals surface area contributed by atoms with Crippen LogP contribution in [0.3, 0.4) is 0 Å². The normalized spacial score (nSPS) is 14.7. The molecule has 0 aliphatic carbocycles. The number of pyridine rings is 1. The fourth-order valence-corrected chi connectivity index (χ4v) is 3.97. The van der Waals surface area contributed by atoms with E-state index in [-0.39, 0.29) is 11.9 Å². The molecule has 1 atom stereocenters. The van der Waals surface area contributed by atoms with E-state index in [1.807, 2.05) is 49.4 Å². The maximum atomic E-state index is 12.8. The predicted octanol–water partition coefficient (Wildman–Crippen LogP) is 4.49. The van der Waals surface area contributed by atoms with Crippen molar-refractivity contribution in [3.63, 3.8) is 0 Å². The van der Waals surface area contributed by atoms with Crippen molar-refractivity contribution in [2.75, 3.05) is 0 Å². The number of carbonyl (C=O) groups is 1. The molecule has 5 rings (SSSR count). The third-order valence-corrected chi connectivity index (χ3v) is 5.63. The summed E-state index contributed by atoms with van der Waals surface area (Å²) in [5, 5.41) is 3.05. The molecular weight excluding hydrogens is 386 g/mol. The molecule has 0 radical (unpaired) electrons. The van der Waals surface area contributed by atoms with Gasteiger partial charge in [-0.25, -0.2) is 4.99 Å². The van der Waals surface area contributed by atoms with Crippen LogP contribution in [0.4, 0.5) is 11.5 Å². The molecule has 1 N–H and O–H groups in total. The van der Waals surface area contributed by atoms with Crippen LogP contribution in [0, 0.1) is 6.57 Å². The molecule has 2 aromatic carbocycles. The fraction of sp³-hybridized carbons (Fsp3) is 0.160. The van der Waals surface area contributed by atoms with Crippen LogP contribution in [-0.4, -0.2) is 22.3 Å². The smallest absolute Gasteiger partial charge is 0.269 e. The first-order valence-electron chi connectivity index (χ1n) is 10.1. The number of carbonyl (C=O) groups excluding carboxylic acids is 1. The summed E-state index contributed by atoms with van der Waals surface area (Å²) in [7, 11) is 0. The van der Waals surface area contributed by atoms with E-state index in [9.17, 15) is 4.79 Å². The minimum absolute atomic E-state index is 0.0882. The van der Waals surface area contributed by atoms with Gasteiger partial charge in [0.15, 0.2) is 0 Å². The van der Waals surface area contributed by atoms with Crippen molar-refractivity contribution in [1.82, 2.24) is 10.3 Å². The van der Waals surface area contributed by atoms with Crippen LogP contribution in [0.15, 0.2) is 70.8 Å². The second-order valence-corrected chi connectivity index (χ2v) is 7.66. The Hall–Kier alpha value is -4.11. The van der Waals surface area contributed by atoms with Crippen molar-refractivity contribution in [2.45, 2.75) is 25.9 Å². The molecule has 0 spiro atoms. The molecule has 6 nitrogen and oxygen atoms in total. The monoisotopic (exact) mass is 405 g/mol. The topological polar surface area (TPSA) is 71.1 Å². The number of nitrogens with one attached hydrogen (secondary N) is 1. The van der Waals surface area contributed by atoms with Gasteiger partial charge in [-0.3, -0.25) is 9.79 Å². The summed E-state index contributed by atoms with van der Waals surface area (Å²) in [5.41, 5.74) is 7.32. The van der Waals surface area contributed by atoms with Crippen molar-refractivity contribution in [2.24, 2.45) is 9.98 Å². The maximum Gasteiger partial charge on any atom is 0.269 e. The zero-order valence-electron chi connectivity index (χ0n) is 17.0. The van der Waals surface area contributed by atoms with E-state index < -0.39 is 0 Å². The second kappa shape index (κ2) is 7.62. The Kier molecular flexibility index (Phi) is 4.64. The van der Waals surface area contributed by atoms with Crippen LogP contribution in [0.1, 0.15) is 40.8 Å². The molecule has 0 bridgehead atoms. The average molecular weight is 405 g/mol. The molecule has 0 fully saturated rings. The lowest BCUT2D eigenvalue weighted by atomic mass is 9.97. The number of benzene rings is 2. The van der Waals surface area contributed by atoms with Crippen LogP contribution >= 0.6 is 0 Å². The molecule has 2 aliphatic heterocycles. The van der Waals surface area contributed by atoms with Gasteiger partial charge in [-0.2, -0.15) is 0 Å². The average Bonchev–Trinajstić information content (AvgIpc) is 3.41. The highest BCUT2D eigenvalue weighted by Crippen LogP contribution is 2.34. The molecule has 1 amide bonds. The Balaban J connectivity index is 1.37. The van der Waals surface area contributed by atoms with Crippen molar-refractivity contribution in [3.05, 3.63) is 100 Å². The highest BCUT2D eigenvalue weighted by molar-refractivity contribution is 6.41. The van der Waals surface area contributed by atoms with Crippen molar-refractivity contribution in [3.8, 4) is 0 Å². The Morgan fingerprint density at radius 2 is 1.97 bits per heavy atom. The van der Waals surface area contributed by atoms with Gasteiger partial charge in [0.1, 0.15) is 11.9 Å². The van der Waals surface area contributed by atoms with E-state index >= 15 is 0 Å². The summed E-state index contributed by atoms with van der Waals surface area (Å²) < 4.78 is 0. The van der Waals surface area contributed by atoms with Gasteiger partial charge in [0.2, 0.25) is 0 Å². The Morgan fingerprint density at radius 1 is 1.13 bits per heavy atom. The highest BCUT2D eigenvalue weighted by atomic mass is 16.2. The third kappa shape index (κ3) is 3.51. The van der Waals surface area contributed by atoms with Gasteiger partial charge >= 0.3 is 0 Å². The molecule has 3 heterocycles. The van der Waals surface area contributed by atoms with E-state index in [1.54, 1.807) is 12.3 Å². The number of amides is 1. The Labute approximate surface area is 180 Å². The van der Waals surface area contributed by atoms with E-state index in [0.717, 1.165) is 39.2 Å². The molecule has 2 aliphatic rings. The van der Waals surface area contributed by atoms with Gasteiger partial charge in [0.05, 0.1) is 24.0 Å². The minimum atomic E-state index is -0.138. The van der Waals surface area contributed by atoms with Gasteiger partial charge in [-0.1, -0.05) is 49.0 Å². The predicted molar refractivity (Wildman–Crippen MR) is 120 cm³/mol. The zero-order valence-corrected chi connectivity index (χ0v) is 17.0. The molecular formula is C25H19N5O. The van der Waals surface area contributed by atoms with Gasteiger partial charge < -0.3 is 10.2 Å². The summed E-state index contributed by atoms with van der Waals surface area (Å²) in [6.45, 7) is 9.62. The molecule has 0 saturated carbocycles. The lowest BCUT2D eigenvalue weighted by molar-refractivity contribution is -0.115. The Morgan fingerprint density at radius 3 is 2.71 bits per heavy atom. The number of nitrogens with zero attached hydrogens (tertiary/aromatic N) is 4. The first-order valence-corrected chi connectivity index (χ1v) is 10.1. The van der Waals surface area contributed by atoms with Crippen LogP contribution in [-0.2, 0) is 17.8 Å². The Bertz CT molecular complexity index is 1280. The zero-order chi connectivity index (χ0) is 21.4. The van der Waals surface area contributed by atoms with Gasteiger partial charge in [-0.15, -0.1) is 4.98 Å². The number of aromatic nitrogens is 1.